The number of thioether (sulfide) groups is 1. The Kier molecular flexibility index (Phi) is 5.42. The zero-order valence-corrected chi connectivity index (χ0v) is 14.2. The van der Waals surface area contributed by atoms with E-state index in [1.165, 1.54) is 25.7 Å². The predicted molar refractivity (Wildman–Crippen MR) is 92.5 cm³/mol. The Hall–Kier alpha value is -1.00. The average molecular weight is 318 g/mol. The molecule has 0 spiro atoms. The fourth-order valence-electron chi connectivity index (χ4n) is 3.75. The van der Waals surface area contributed by atoms with E-state index in [0.717, 1.165) is 36.5 Å². The van der Waals surface area contributed by atoms with Crippen LogP contribution in [0.5, 0.6) is 0 Å². The first kappa shape index (κ1) is 15.9. The number of nitrogens with one attached hydrogen (secondary N) is 1. The molecule has 4 heteroatoms. The molecular formula is C18H26N2OS. The highest BCUT2D eigenvalue weighted by atomic mass is 32.2. The average Bonchev–Trinajstić information content (AvgIpc) is 3.25. The summed E-state index contributed by atoms with van der Waals surface area (Å²) in [7, 11) is 0. The van der Waals surface area contributed by atoms with Gasteiger partial charge >= 0.3 is 0 Å². The third-order valence-corrected chi connectivity index (χ3v) is 5.80. The van der Waals surface area contributed by atoms with Gasteiger partial charge in [-0.2, -0.15) is 0 Å². The highest BCUT2D eigenvalue weighted by Gasteiger charge is 2.31. The predicted octanol–water partition coefficient (Wildman–Crippen LogP) is 3.40. The summed E-state index contributed by atoms with van der Waals surface area (Å²) in [5.41, 5.74) is 0.875. The number of amides is 1. The van der Waals surface area contributed by atoms with Gasteiger partial charge in [-0.25, -0.2) is 0 Å². The van der Waals surface area contributed by atoms with Crippen LogP contribution in [0, 0.1) is 5.92 Å². The summed E-state index contributed by atoms with van der Waals surface area (Å²) >= 11 is 1.66. The fourth-order valence-corrected chi connectivity index (χ4v) is 4.34. The molecule has 1 amide bonds. The molecule has 1 saturated heterocycles. The minimum absolute atomic E-state index is 0.227. The highest BCUT2D eigenvalue weighted by molar-refractivity contribution is 7.98. The quantitative estimate of drug-likeness (QED) is 0.845. The first-order valence-electron chi connectivity index (χ1n) is 8.44. The maximum atomic E-state index is 13.2. The molecule has 0 unspecified atom stereocenters. The van der Waals surface area contributed by atoms with Crippen molar-refractivity contribution in [2.24, 2.45) is 5.92 Å². The maximum Gasteiger partial charge on any atom is 0.255 e. The van der Waals surface area contributed by atoms with Crippen LogP contribution in [0.25, 0.3) is 0 Å². The summed E-state index contributed by atoms with van der Waals surface area (Å²) < 4.78 is 0. The summed E-state index contributed by atoms with van der Waals surface area (Å²) in [5, 5.41) is 3.41. The van der Waals surface area contributed by atoms with Crippen LogP contribution < -0.4 is 5.32 Å². The number of carbonyl (C=O) groups is 1. The Balaban J connectivity index is 1.81. The second-order valence-corrected chi connectivity index (χ2v) is 7.30. The Morgan fingerprint density at radius 1 is 1.27 bits per heavy atom. The van der Waals surface area contributed by atoms with Crippen molar-refractivity contribution < 1.29 is 4.79 Å². The Bertz CT molecular complexity index is 508. The maximum absolute atomic E-state index is 13.2. The van der Waals surface area contributed by atoms with Crippen molar-refractivity contribution in [3.8, 4) is 0 Å². The summed E-state index contributed by atoms with van der Waals surface area (Å²) in [4.78, 5) is 16.4. The van der Waals surface area contributed by atoms with E-state index in [9.17, 15) is 4.79 Å². The summed E-state index contributed by atoms with van der Waals surface area (Å²) in [6, 6.07) is 8.40. The molecule has 2 fully saturated rings. The molecule has 1 saturated carbocycles. The molecule has 1 aromatic rings. The van der Waals surface area contributed by atoms with Gasteiger partial charge in [0.15, 0.2) is 0 Å². The highest BCUT2D eigenvalue weighted by Crippen LogP contribution is 2.29. The van der Waals surface area contributed by atoms with E-state index in [1.54, 1.807) is 11.8 Å². The van der Waals surface area contributed by atoms with Gasteiger partial charge in [0.25, 0.3) is 5.91 Å². The van der Waals surface area contributed by atoms with Crippen LogP contribution in [0.2, 0.25) is 0 Å². The molecular weight excluding hydrogens is 292 g/mol. The van der Waals surface area contributed by atoms with Crippen LogP contribution >= 0.6 is 11.8 Å². The Morgan fingerprint density at radius 2 is 2.05 bits per heavy atom. The van der Waals surface area contributed by atoms with Gasteiger partial charge in [0.1, 0.15) is 0 Å². The van der Waals surface area contributed by atoms with E-state index in [0.29, 0.717) is 12.0 Å². The van der Waals surface area contributed by atoms with Crippen molar-refractivity contribution >= 4 is 17.7 Å². The normalized spacial score (nSPS) is 22.1. The minimum atomic E-state index is 0.227. The molecule has 0 bridgehead atoms. The first-order chi connectivity index (χ1) is 10.8. The van der Waals surface area contributed by atoms with Gasteiger partial charge in [-0.3, -0.25) is 4.79 Å². The van der Waals surface area contributed by atoms with Crippen molar-refractivity contribution in [3.05, 3.63) is 29.8 Å². The standard InChI is InChI=1S/C18H26N2OS/c1-22-17-9-5-4-8-16(17)18(21)20(15-10-11-19-12-15)13-14-6-2-3-7-14/h4-5,8-9,14-15,19H,2-3,6-7,10-13H2,1H3/t15-/m0/s1. The molecule has 120 valence electrons. The molecule has 2 aliphatic rings. The number of hydrogen-bond acceptors (Lipinski definition) is 3. The number of benzene rings is 1. The van der Waals surface area contributed by atoms with Crippen LogP contribution in [0.3, 0.4) is 0 Å². The van der Waals surface area contributed by atoms with Crippen molar-refractivity contribution in [2.45, 2.75) is 43.0 Å². The number of nitrogens with zero attached hydrogens (tertiary/aromatic N) is 1. The molecule has 3 rings (SSSR count). The lowest BCUT2D eigenvalue weighted by Crippen LogP contribution is -2.44. The molecule has 3 nitrogen and oxygen atoms in total. The van der Waals surface area contributed by atoms with Crippen LogP contribution in [0.15, 0.2) is 29.2 Å². The third kappa shape index (κ3) is 3.49. The van der Waals surface area contributed by atoms with Gasteiger partial charge < -0.3 is 10.2 Å². The molecule has 1 aliphatic heterocycles. The summed E-state index contributed by atoms with van der Waals surface area (Å²) in [6.07, 6.45) is 8.36. The molecule has 0 aromatic heterocycles. The summed E-state index contributed by atoms with van der Waals surface area (Å²) in [5.74, 6) is 0.927. The van der Waals surface area contributed by atoms with Crippen molar-refractivity contribution in [1.29, 1.82) is 0 Å². The minimum Gasteiger partial charge on any atom is -0.334 e. The van der Waals surface area contributed by atoms with Crippen molar-refractivity contribution in [3.63, 3.8) is 0 Å². The number of rotatable bonds is 5. The van der Waals surface area contributed by atoms with E-state index in [1.807, 2.05) is 24.5 Å². The van der Waals surface area contributed by atoms with E-state index in [2.05, 4.69) is 16.3 Å². The van der Waals surface area contributed by atoms with Gasteiger partial charge in [0.2, 0.25) is 0 Å². The lowest BCUT2D eigenvalue weighted by molar-refractivity contribution is 0.0654. The fraction of sp³-hybridized carbons (Fsp3) is 0.611. The van der Waals surface area contributed by atoms with Gasteiger partial charge in [0, 0.05) is 24.0 Å². The Morgan fingerprint density at radius 3 is 2.73 bits per heavy atom. The molecule has 1 aliphatic carbocycles. The molecule has 1 aromatic carbocycles. The zero-order valence-electron chi connectivity index (χ0n) is 13.4. The van der Waals surface area contributed by atoms with E-state index >= 15 is 0 Å². The van der Waals surface area contributed by atoms with Crippen molar-refractivity contribution in [2.75, 3.05) is 25.9 Å². The van der Waals surface area contributed by atoms with Crippen LogP contribution in [0.4, 0.5) is 0 Å². The molecule has 22 heavy (non-hydrogen) atoms. The Labute approximate surface area is 137 Å². The smallest absolute Gasteiger partial charge is 0.255 e. The van der Waals surface area contributed by atoms with Gasteiger partial charge in [-0.15, -0.1) is 11.8 Å². The van der Waals surface area contributed by atoms with Crippen LogP contribution in [-0.4, -0.2) is 42.7 Å². The second-order valence-electron chi connectivity index (χ2n) is 6.45. The largest absolute Gasteiger partial charge is 0.334 e. The van der Waals surface area contributed by atoms with Crippen molar-refractivity contribution in [1.82, 2.24) is 10.2 Å². The number of carbonyl (C=O) groups excluding carboxylic acids is 1. The number of hydrogen-bond donors (Lipinski definition) is 1. The van der Waals surface area contributed by atoms with E-state index in [4.69, 9.17) is 0 Å². The summed E-state index contributed by atoms with van der Waals surface area (Å²) in [6.45, 7) is 2.91. The van der Waals surface area contributed by atoms with Crippen LogP contribution in [0.1, 0.15) is 42.5 Å². The molecule has 1 heterocycles. The zero-order chi connectivity index (χ0) is 15.4. The van der Waals surface area contributed by atoms with E-state index < -0.39 is 0 Å². The third-order valence-electron chi connectivity index (χ3n) is 5.00. The van der Waals surface area contributed by atoms with E-state index in [-0.39, 0.29) is 5.91 Å². The lowest BCUT2D eigenvalue weighted by atomic mass is 10.0. The van der Waals surface area contributed by atoms with Gasteiger partial charge in [-0.05, 0) is 50.1 Å². The van der Waals surface area contributed by atoms with Crippen LogP contribution in [-0.2, 0) is 0 Å². The second kappa shape index (κ2) is 7.51. The monoisotopic (exact) mass is 318 g/mol. The molecule has 0 radical (unpaired) electrons. The SMILES string of the molecule is CSc1ccccc1C(=O)N(CC1CCCC1)[C@H]1CCNC1. The lowest BCUT2D eigenvalue weighted by Gasteiger charge is -2.31. The molecule has 1 N–H and O–H groups in total. The topological polar surface area (TPSA) is 32.3 Å². The first-order valence-corrected chi connectivity index (χ1v) is 9.66. The van der Waals surface area contributed by atoms with Gasteiger partial charge in [0.05, 0.1) is 5.56 Å². The molecule has 1 atom stereocenters. The van der Waals surface area contributed by atoms with Gasteiger partial charge in [-0.1, -0.05) is 25.0 Å².